The number of nitrogens with zero attached hydrogens (tertiary/aromatic N) is 4. The zero-order valence-electron chi connectivity index (χ0n) is 5.76. The van der Waals surface area contributed by atoms with Gasteiger partial charge in [-0.3, -0.25) is 0 Å². The monoisotopic (exact) mass is 162 g/mol. The molecule has 0 saturated carbocycles. The summed E-state index contributed by atoms with van der Waals surface area (Å²) in [7, 11) is 0. The van der Waals surface area contributed by atoms with Crippen molar-refractivity contribution in [3.63, 3.8) is 0 Å². The number of nitriles is 1. The highest BCUT2D eigenvalue weighted by atomic mass is 16.4. The van der Waals surface area contributed by atoms with E-state index in [1.807, 2.05) is 6.07 Å². The van der Waals surface area contributed by atoms with Crippen molar-refractivity contribution in [2.75, 3.05) is 0 Å². The van der Waals surface area contributed by atoms with E-state index in [4.69, 9.17) is 14.1 Å². The highest BCUT2D eigenvalue weighted by Crippen LogP contribution is 2.13. The summed E-state index contributed by atoms with van der Waals surface area (Å²) < 4.78 is 9.66. The molecular formula is C6H2N4O2. The van der Waals surface area contributed by atoms with E-state index < -0.39 is 0 Å². The third-order valence-electron chi connectivity index (χ3n) is 1.16. The van der Waals surface area contributed by atoms with Gasteiger partial charge in [0.1, 0.15) is 12.3 Å². The lowest BCUT2D eigenvalue weighted by molar-refractivity contribution is 0.509. The topological polar surface area (TPSA) is 88.7 Å². The van der Waals surface area contributed by atoms with Crippen molar-refractivity contribution < 1.29 is 8.83 Å². The standard InChI is InChI=1S/C6H2N4O2/c7-1-4-2-11-5(9-4)6-10-8-3-12-6/h2-3H. The van der Waals surface area contributed by atoms with E-state index in [-0.39, 0.29) is 17.5 Å². The molecule has 0 atom stereocenters. The molecule has 58 valence electrons. The van der Waals surface area contributed by atoms with Gasteiger partial charge in [-0.15, -0.1) is 10.2 Å². The lowest BCUT2D eigenvalue weighted by Crippen LogP contribution is -1.77. The molecule has 0 amide bonds. The van der Waals surface area contributed by atoms with Crippen molar-refractivity contribution in [1.29, 1.82) is 5.26 Å². The molecule has 0 unspecified atom stereocenters. The fourth-order valence-corrected chi connectivity index (χ4v) is 0.690. The number of aromatic nitrogens is 3. The molecule has 0 radical (unpaired) electrons. The SMILES string of the molecule is N#Cc1coc(-c2nnco2)n1. The predicted molar refractivity (Wildman–Crippen MR) is 34.5 cm³/mol. The summed E-state index contributed by atoms with van der Waals surface area (Å²) in [6.45, 7) is 0. The lowest BCUT2D eigenvalue weighted by Gasteiger charge is -1.79. The van der Waals surface area contributed by atoms with Gasteiger partial charge >= 0.3 is 5.89 Å². The van der Waals surface area contributed by atoms with Crippen LogP contribution in [0.15, 0.2) is 21.5 Å². The molecule has 0 aliphatic carbocycles. The first-order valence-corrected chi connectivity index (χ1v) is 3.02. The van der Waals surface area contributed by atoms with Gasteiger partial charge in [-0.05, 0) is 0 Å². The molecule has 0 aliphatic heterocycles. The molecule has 0 aliphatic rings. The Kier molecular flexibility index (Phi) is 1.35. The molecule has 0 fully saturated rings. The third-order valence-corrected chi connectivity index (χ3v) is 1.16. The van der Waals surface area contributed by atoms with Crippen LogP contribution in [-0.2, 0) is 0 Å². The van der Waals surface area contributed by atoms with Crippen molar-refractivity contribution >= 4 is 0 Å². The van der Waals surface area contributed by atoms with Crippen LogP contribution in [0.2, 0.25) is 0 Å². The average Bonchev–Trinajstić information content (AvgIpc) is 2.75. The van der Waals surface area contributed by atoms with Crippen molar-refractivity contribution in [3.05, 3.63) is 18.4 Å². The molecular weight excluding hydrogens is 160 g/mol. The molecule has 0 aromatic carbocycles. The third kappa shape index (κ3) is 0.932. The minimum Gasteiger partial charge on any atom is -0.440 e. The highest BCUT2D eigenvalue weighted by Gasteiger charge is 2.10. The van der Waals surface area contributed by atoms with E-state index in [0.29, 0.717) is 0 Å². The Labute approximate surface area is 66.5 Å². The fraction of sp³-hybridized carbons (Fsp3) is 0. The quantitative estimate of drug-likeness (QED) is 0.609. The molecule has 12 heavy (non-hydrogen) atoms. The summed E-state index contributed by atoms with van der Waals surface area (Å²) in [5, 5.41) is 15.4. The van der Waals surface area contributed by atoms with E-state index in [0.717, 1.165) is 6.39 Å². The first kappa shape index (κ1) is 6.54. The van der Waals surface area contributed by atoms with Crippen molar-refractivity contribution in [1.82, 2.24) is 15.2 Å². The smallest absolute Gasteiger partial charge is 0.304 e. The maximum Gasteiger partial charge on any atom is 0.304 e. The van der Waals surface area contributed by atoms with Gasteiger partial charge in [0.05, 0.1) is 0 Å². The van der Waals surface area contributed by atoms with Gasteiger partial charge in [0.25, 0.3) is 5.89 Å². The van der Waals surface area contributed by atoms with E-state index >= 15 is 0 Å². The van der Waals surface area contributed by atoms with Crippen LogP contribution in [0.5, 0.6) is 0 Å². The first-order valence-electron chi connectivity index (χ1n) is 3.02. The maximum absolute atomic E-state index is 8.41. The average molecular weight is 162 g/mol. The summed E-state index contributed by atoms with van der Waals surface area (Å²) in [5.41, 5.74) is 0.184. The Hall–Kier alpha value is -2.16. The van der Waals surface area contributed by atoms with Crippen LogP contribution < -0.4 is 0 Å². The number of rotatable bonds is 1. The van der Waals surface area contributed by atoms with Gasteiger partial charge < -0.3 is 8.83 Å². The molecule has 2 heterocycles. The van der Waals surface area contributed by atoms with E-state index in [9.17, 15) is 0 Å². The van der Waals surface area contributed by atoms with Gasteiger partial charge in [0, 0.05) is 0 Å². The van der Waals surface area contributed by atoms with Crippen molar-refractivity contribution in [3.8, 4) is 17.9 Å². The second-order valence-electron chi connectivity index (χ2n) is 1.89. The van der Waals surface area contributed by atoms with E-state index in [1.165, 1.54) is 6.26 Å². The second-order valence-corrected chi connectivity index (χ2v) is 1.89. The van der Waals surface area contributed by atoms with Crippen LogP contribution in [0.4, 0.5) is 0 Å². The largest absolute Gasteiger partial charge is 0.440 e. The Morgan fingerprint density at radius 3 is 2.83 bits per heavy atom. The Bertz CT molecular complexity index is 411. The molecule has 6 nitrogen and oxygen atoms in total. The molecule has 2 aromatic heterocycles. The van der Waals surface area contributed by atoms with Gasteiger partial charge in [-0.25, -0.2) is 0 Å². The van der Waals surface area contributed by atoms with E-state index in [1.54, 1.807) is 0 Å². The molecule has 0 N–H and O–H groups in total. The number of hydrogen-bond donors (Lipinski definition) is 0. The number of hydrogen-bond acceptors (Lipinski definition) is 6. The fourth-order valence-electron chi connectivity index (χ4n) is 0.690. The first-order chi connectivity index (χ1) is 5.90. The maximum atomic E-state index is 8.41. The molecule has 2 aromatic rings. The normalized spacial score (nSPS) is 9.58. The highest BCUT2D eigenvalue weighted by molar-refractivity contribution is 5.37. The summed E-state index contributed by atoms with van der Waals surface area (Å²) in [6.07, 6.45) is 2.38. The zero-order chi connectivity index (χ0) is 8.39. The van der Waals surface area contributed by atoms with Crippen LogP contribution >= 0.6 is 0 Å². The van der Waals surface area contributed by atoms with Crippen molar-refractivity contribution in [2.24, 2.45) is 0 Å². The van der Waals surface area contributed by atoms with Crippen LogP contribution in [0.25, 0.3) is 11.8 Å². The van der Waals surface area contributed by atoms with Crippen LogP contribution in [0.3, 0.4) is 0 Å². The van der Waals surface area contributed by atoms with Crippen molar-refractivity contribution in [2.45, 2.75) is 0 Å². The Balaban J connectivity index is 2.44. The Morgan fingerprint density at radius 2 is 2.25 bits per heavy atom. The molecule has 6 heteroatoms. The predicted octanol–water partition coefficient (Wildman–Crippen LogP) is 0.596. The summed E-state index contributed by atoms with van der Waals surface area (Å²) >= 11 is 0. The minimum atomic E-state index is 0.157. The minimum absolute atomic E-state index is 0.157. The summed E-state index contributed by atoms with van der Waals surface area (Å²) in [4.78, 5) is 3.75. The molecule has 0 spiro atoms. The van der Waals surface area contributed by atoms with Gasteiger partial charge in [0.2, 0.25) is 6.39 Å². The summed E-state index contributed by atoms with van der Waals surface area (Å²) in [6, 6.07) is 1.81. The summed E-state index contributed by atoms with van der Waals surface area (Å²) in [5.74, 6) is 0.320. The van der Waals surface area contributed by atoms with Gasteiger partial charge in [-0.1, -0.05) is 0 Å². The molecule has 0 saturated heterocycles. The van der Waals surface area contributed by atoms with Crippen LogP contribution in [0.1, 0.15) is 5.69 Å². The molecule has 2 rings (SSSR count). The van der Waals surface area contributed by atoms with Crippen LogP contribution in [0, 0.1) is 11.3 Å². The van der Waals surface area contributed by atoms with Crippen LogP contribution in [-0.4, -0.2) is 15.2 Å². The van der Waals surface area contributed by atoms with E-state index in [2.05, 4.69) is 15.2 Å². The second kappa shape index (κ2) is 2.47. The Morgan fingerprint density at radius 1 is 1.33 bits per heavy atom. The lowest BCUT2D eigenvalue weighted by atomic mass is 10.5. The number of oxazole rings is 1. The van der Waals surface area contributed by atoms with Gasteiger partial charge in [-0.2, -0.15) is 10.2 Å². The molecule has 0 bridgehead atoms. The van der Waals surface area contributed by atoms with Gasteiger partial charge in [0.15, 0.2) is 5.69 Å². The zero-order valence-corrected chi connectivity index (χ0v) is 5.76.